The Bertz CT molecular complexity index is 1100. The van der Waals surface area contributed by atoms with E-state index in [0.717, 1.165) is 22.9 Å². The zero-order valence-corrected chi connectivity index (χ0v) is 18.1. The SMILES string of the molecule is CC(/C=C1\SC(=S)N(CC(=O)NNC(=O)c2ccccc2O)C1=O)=C\c1ccccc1. The molecule has 0 radical (unpaired) electrons. The predicted molar refractivity (Wildman–Crippen MR) is 124 cm³/mol. The highest BCUT2D eigenvalue weighted by atomic mass is 32.2. The van der Waals surface area contributed by atoms with Gasteiger partial charge in [0.15, 0.2) is 0 Å². The van der Waals surface area contributed by atoms with Crippen molar-refractivity contribution in [1.82, 2.24) is 15.8 Å². The van der Waals surface area contributed by atoms with Crippen LogP contribution in [0, 0.1) is 0 Å². The van der Waals surface area contributed by atoms with E-state index >= 15 is 0 Å². The number of nitrogens with zero attached hydrogens (tertiary/aromatic N) is 1. The van der Waals surface area contributed by atoms with Gasteiger partial charge in [0.25, 0.3) is 17.7 Å². The summed E-state index contributed by atoms with van der Waals surface area (Å²) in [5.41, 5.74) is 6.31. The molecule has 0 spiro atoms. The molecule has 3 rings (SSSR count). The molecule has 3 amide bonds. The van der Waals surface area contributed by atoms with Crippen LogP contribution >= 0.6 is 24.0 Å². The number of carbonyl (C=O) groups excluding carboxylic acids is 3. The van der Waals surface area contributed by atoms with Crippen LogP contribution in [-0.4, -0.2) is 38.6 Å². The molecule has 1 fully saturated rings. The first-order chi connectivity index (χ1) is 14.8. The van der Waals surface area contributed by atoms with Crippen molar-refractivity contribution < 1.29 is 19.5 Å². The number of benzene rings is 2. The van der Waals surface area contributed by atoms with Gasteiger partial charge < -0.3 is 5.11 Å². The Morgan fingerprint density at radius 3 is 2.48 bits per heavy atom. The fourth-order valence-corrected chi connectivity index (χ4v) is 4.04. The Hall–Kier alpha value is -3.43. The summed E-state index contributed by atoms with van der Waals surface area (Å²) in [5.74, 6) is -1.90. The third kappa shape index (κ3) is 5.80. The number of para-hydroxylation sites is 1. The summed E-state index contributed by atoms with van der Waals surface area (Å²) in [6.07, 6.45) is 3.66. The lowest BCUT2D eigenvalue weighted by Crippen LogP contribution is -2.47. The van der Waals surface area contributed by atoms with Crippen LogP contribution in [0.15, 0.2) is 71.2 Å². The molecular weight excluding hydrogens is 434 g/mol. The van der Waals surface area contributed by atoms with E-state index in [4.69, 9.17) is 12.2 Å². The lowest BCUT2D eigenvalue weighted by Gasteiger charge is -2.14. The maximum atomic E-state index is 12.7. The Morgan fingerprint density at radius 1 is 1.10 bits per heavy atom. The number of hydrogen-bond acceptors (Lipinski definition) is 6. The molecule has 9 heteroatoms. The van der Waals surface area contributed by atoms with E-state index in [9.17, 15) is 19.5 Å². The van der Waals surface area contributed by atoms with Gasteiger partial charge in [-0.15, -0.1) is 0 Å². The van der Waals surface area contributed by atoms with Crippen LogP contribution < -0.4 is 10.9 Å². The van der Waals surface area contributed by atoms with Crippen molar-refractivity contribution in [2.75, 3.05) is 6.54 Å². The highest BCUT2D eigenvalue weighted by Crippen LogP contribution is 2.31. The van der Waals surface area contributed by atoms with Crippen molar-refractivity contribution in [3.63, 3.8) is 0 Å². The van der Waals surface area contributed by atoms with Gasteiger partial charge in [-0.1, -0.05) is 72.5 Å². The van der Waals surface area contributed by atoms with Gasteiger partial charge in [0.2, 0.25) is 0 Å². The van der Waals surface area contributed by atoms with Gasteiger partial charge in [0, 0.05) is 0 Å². The van der Waals surface area contributed by atoms with E-state index in [1.807, 2.05) is 43.3 Å². The number of rotatable bonds is 5. The van der Waals surface area contributed by atoms with Crippen LogP contribution in [0.5, 0.6) is 5.75 Å². The first-order valence-electron chi connectivity index (χ1n) is 9.21. The van der Waals surface area contributed by atoms with E-state index in [1.54, 1.807) is 18.2 Å². The van der Waals surface area contributed by atoms with E-state index in [-0.39, 0.29) is 28.1 Å². The van der Waals surface area contributed by atoms with Gasteiger partial charge in [0.1, 0.15) is 16.6 Å². The number of allylic oxidation sites excluding steroid dienone is 2. The molecule has 3 N–H and O–H groups in total. The molecule has 158 valence electrons. The Morgan fingerprint density at radius 2 is 1.77 bits per heavy atom. The molecule has 0 aromatic heterocycles. The third-order valence-electron chi connectivity index (χ3n) is 4.19. The first kappa shape index (κ1) is 22.3. The minimum absolute atomic E-state index is 0.0111. The molecule has 0 bridgehead atoms. The van der Waals surface area contributed by atoms with Gasteiger partial charge in [-0.05, 0) is 36.3 Å². The fraction of sp³-hybridized carbons (Fsp3) is 0.0909. The van der Waals surface area contributed by atoms with E-state index in [2.05, 4.69) is 10.9 Å². The lowest BCUT2D eigenvalue weighted by atomic mass is 10.1. The standard InChI is InChI=1S/C22H19N3O4S2/c1-14(11-15-7-3-2-4-8-15)12-18-21(29)25(22(30)31-18)13-19(27)23-24-20(28)16-9-5-6-10-17(16)26/h2-12,26H,13H2,1H3,(H,23,27)(H,24,28)/b14-11+,18-12-. The largest absolute Gasteiger partial charge is 0.507 e. The number of phenolic OH excluding ortho intramolecular Hbond substituents is 1. The molecule has 1 aliphatic heterocycles. The minimum Gasteiger partial charge on any atom is -0.507 e. The number of hydrazine groups is 1. The van der Waals surface area contributed by atoms with Crippen LogP contribution in [-0.2, 0) is 9.59 Å². The topological polar surface area (TPSA) is 98.7 Å². The number of thiocarbonyl (C=S) groups is 1. The highest BCUT2D eigenvalue weighted by molar-refractivity contribution is 8.26. The molecule has 2 aromatic carbocycles. The minimum atomic E-state index is -0.682. The van der Waals surface area contributed by atoms with Gasteiger partial charge >= 0.3 is 0 Å². The monoisotopic (exact) mass is 453 g/mol. The lowest BCUT2D eigenvalue weighted by molar-refractivity contribution is -0.129. The first-order valence-corrected chi connectivity index (χ1v) is 10.4. The smallest absolute Gasteiger partial charge is 0.273 e. The van der Waals surface area contributed by atoms with Crippen LogP contribution in [0.3, 0.4) is 0 Å². The fourth-order valence-electron chi connectivity index (χ4n) is 2.74. The summed E-state index contributed by atoms with van der Waals surface area (Å²) in [6.45, 7) is 1.53. The number of nitrogens with one attached hydrogen (secondary N) is 2. The number of carbonyl (C=O) groups is 3. The van der Waals surface area contributed by atoms with Crippen molar-refractivity contribution in [2.45, 2.75) is 6.92 Å². The van der Waals surface area contributed by atoms with Crippen LogP contribution in [0.4, 0.5) is 0 Å². The maximum Gasteiger partial charge on any atom is 0.273 e. The average Bonchev–Trinajstić information content (AvgIpc) is 3.00. The van der Waals surface area contributed by atoms with Crippen LogP contribution in [0.2, 0.25) is 0 Å². The second-order valence-corrected chi connectivity index (χ2v) is 8.26. The molecule has 2 aromatic rings. The van der Waals surface area contributed by atoms with Crippen LogP contribution in [0.25, 0.3) is 6.08 Å². The number of amides is 3. The van der Waals surface area contributed by atoms with Crippen molar-refractivity contribution in [1.29, 1.82) is 0 Å². The molecule has 0 saturated carbocycles. The second kappa shape index (κ2) is 10.1. The molecule has 0 unspecified atom stereocenters. The average molecular weight is 454 g/mol. The molecule has 1 heterocycles. The predicted octanol–water partition coefficient (Wildman–Crippen LogP) is 3.00. The molecule has 0 atom stereocenters. The Labute approximate surface area is 188 Å². The molecular formula is C22H19N3O4S2. The van der Waals surface area contributed by atoms with Gasteiger partial charge in [-0.3, -0.25) is 30.1 Å². The number of phenols is 1. The van der Waals surface area contributed by atoms with Gasteiger partial charge in [-0.25, -0.2) is 0 Å². The normalized spacial score (nSPS) is 15.3. The van der Waals surface area contributed by atoms with Crippen molar-refractivity contribution >= 4 is 52.1 Å². The van der Waals surface area contributed by atoms with Gasteiger partial charge in [0.05, 0.1) is 10.5 Å². The van der Waals surface area contributed by atoms with Crippen LogP contribution in [0.1, 0.15) is 22.8 Å². The van der Waals surface area contributed by atoms with Gasteiger partial charge in [-0.2, -0.15) is 0 Å². The quantitative estimate of drug-likeness (QED) is 0.366. The van der Waals surface area contributed by atoms with Crippen molar-refractivity contribution in [3.8, 4) is 5.75 Å². The summed E-state index contributed by atoms with van der Waals surface area (Å²) >= 11 is 6.35. The summed E-state index contributed by atoms with van der Waals surface area (Å²) in [6, 6.07) is 15.6. The summed E-state index contributed by atoms with van der Waals surface area (Å²) < 4.78 is 0.256. The maximum absolute atomic E-state index is 12.7. The summed E-state index contributed by atoms with van der Waals surface area (Å²) in [7, 11) is 0. The molecule has 31 heavy (non-hydrogen) atoms. The summed E-state index contributed by atoms with van der Waals surface area (Å²) in [5, 5.41) is 9.68. The van der Waals surface area contributed by atoms with Crippen molar-refractivity contribution in [2.24, 2.45) is 0 Å². The van der Waals surface area contributed by atoms with E-state index in [0.29, 0.717) is 4.91 Å². The number of aromatic hydroxyl groups is 1. The molecule has 1 saturated heterocycles. The summed E-state index contributed by atoms with van der Waals surface area (Å²) in [4.78, 5) is 38.5. The van der Waals surface area contributed by atoms with Crippen molar-refractivity contribution in [3.05, 3.63) is 82.3 Å². The zero-order valence-electron chi connectivity index (χ0n) is 16.5. The molecule has 0 aliphatic carbocycles. The Kier molecular flexibility index (Phi) is 7.22. The highest BCUT2D eigenvalue weighted by Gasteiger charge is 2.33. The van der Waals surface area contributed by atoms with E-state index in [1.165, 1.54) is 17.0 Å². The molecule has 7 nitrogen and oxygen atoms in total. The Balaban J connectivity index is 1.59. The zero-order chi connectivity index (χ0) is 22.4. The second-order valence-electron chi connectivity index (χ2n) is 6.59. The third-order valence-corrected chi connectivity index (χ3v) is 5.57. The number of thioether (sulfide) groups is 1. The number of hydrogen-bond donors (Lipinski definition) is 3. The molecule has 1 aliphatic rings. The van der Waals surface area contributed by atoms with E-state index < -0.39 is 11.8 Å².